The van der Waals surface area contributed by atoms with Crippen LogP contribution in [0.25, 0.3) is 0 Å². The normalized spacial score (nSPS) is 11.6. The van der Waals surface area contributed by atoms with Crippen LogP contribution in [-0.4, -0.2) is 8.42 Å². The Hall–Kier alpha value is -1.50. The minimum Gasteiger partial charge on any atom is -0.399 e. The van der Waals surface area contributed by atoms with Crippen LogP contribution in [0.3, 0.4) is 0 Å². The van der Waals surface area contributed by atoms with E-state index < -0.39 is 10.0 Å². The number of sulfonamides is 1. The zero-order valence-corrected chi connectivity index (χ0v) is 13.8. The molecule has 0 fully saturated rings. The molecular formula is C15H18N2O2S2. The Morgan fingerprint density at radius 2 is 1.67 bits per heavy atom. The maximum Gasteiger partial charge on any atom is 0.238 e. The highest BCUT2D eigenvalue weighted by atomic mass is 32.2. The standard InChI is InChI=1S/C15H18N2O2S2/c1-9-4-5-13(10(2)6-9)20-14-7-12(16)8-15(11(14)3)21(17,18)19/h4-8H,16H2,1-3H3,(H2,17,18,19). The second kappa shape index (κ2) is 5.71. The van der Waals surface area contributed by atoms with Crippen LogP contribution in [0.5, 0.6) is 0 Å². The van der Waals surface area contributed by atoms with E-state index in [1.807, 2.05) is 26.0 Å². The van der Waals surface area contributed by atoms with Crippen LogP contribution in [0.4, 0.5) is 5.69 Å². The SMILES string of the molecule is Cc1ccc(Sc2cc(N)cc(S(N)(=O)=O)c2C)c(C)c1. The van der Waals surface area contributed by atoms with Gasteiger partial charge in [-0.2, -0.15) is 0 Å². The third-order valence-corrected chi connectivity index (χ3v) is 5.55. The third kappa shape index (κ3) is 3.58. The van der Waals surface area contributed by atoms with Gasteiger partial charge in [0.1, 0.15) is 0 Å². The van der Waals surface area contributed by atoms with E-state index in [2.05, 4.69) is 6.07 Å². The van der Waals surface area contributed by atoms with Crippen LogP contribution in [0, 0.1) is 20.8 Å². The Morgan fingerprint density at radius 1 is 1.00 bits per heavy atom. The molecule has 2 aromatic rings. The van der Waals surface area contributed by atoms with E-state index in [-0.39, 0.29) is 4.90 Å². The Bertz CT molecular complexity index is 800. The van der Waals surface area contributed by atoms with Gasteiger partial charge in [-0.3, -0.25) is 0 Å². The van der Waals surface area contributed by atoms with Crippen molar-refractivity contribution in [3.05, 3.63) is 47.0 Å². The number of nitrogens with two attached hydrogens (primary N) is 2. The van der Waals surface area contributed by atoms with Gasteiger partial charge in [-0.15, -0.1) is 0 Å². The first-order valence-electron chi connectivity index (χ1n) is 6.36. The smallest absolute Gasteiger partial charge is 0.238 e. The number of aryl methyl sites for hydroxylation is 2. The summed E-state index contributed by atoms with van der Waals surface area (Å²) in [5.41, 5.74) is 9.14. The lowest BCUT2D eigenvalue weighted by atomic mass is 10.2. The monoisotopic (exact) mass is 322 g/mol. The molecule has 0 heterocycles. The van der Waals surface area contributed by atoms with Crippen LogP contribution in [0.15, 0.2) is 45.0 Å². The summed E-state index contributed by atoms with van der Waals surface area (Å²) in [6.07, 6.45) is 0. The Kier molecular flexibility index (Phi) is 4.32. The summed E-state index contributed by atoms with van der Waals surface area (Å²) in [4.78, 5) is 1.94. The first-order chi connectivity index (χ1) is 9.68. The molecule has 21 heavy (non-hydrogen) atoms. The van der Waals surface area contributed by atoms with E-state index in [0.29, 0.717) is 11.3 Å². The van der Waals surface area contributed by atoms with Crippen molar-refractivity contribution in [1.29, 1.82) is 0 Å². The highest BCUT2D eigenvalue weighted by Crippen LogP contribution is 2.36. The van der Waals surface area contributed by atoms with Gasteiger partial charge in [-0.05, 0) is 50.1 Å². The fraction of sp³-hybridized carbons (Fsp3) is 0.200. The molecule has 0 amide bonds. The highest BCUT2D eigenvalue weighted by molar-refractivity contribution is 7.99. The topological polar surface area (TPSA) is 86.2 Å². The molecule has 0 aromatic heterocycles. The van der Waals surface area contributed by atoms with Gasteiger partial charge in [-0.1, -0.05) is 29.5 Å². The lowest BCUT2D eigenvalue weighted by Crippen LogP contribution is -2.14. The lowest BCUT2D eigenvalue weighted by Gasteiger charge is -2.13. The van der Waals surface area contributed by atoms with Gasteiger partial charge in [-0.25, -0.2) is 13.6 Å². The summed E-state index contributed by atoms with van der Waals surface area (Å²) < 4.78 is 23.3. The van der Waals surface area contributed by atoms with Crippen molar-refractivity contribution in [3.63, 3.8) is 0 Å². The molecular weight excluding hydrogens is 304 g/mol. The van der Waals surface area contributed by atoms with Crippen molar-refractivity contribution in [3.8, 4) is 0 Å². The van der Waals surface area contributed by atoms with Crippen molar-refractivity contribution >= 4 is 27.5 Å². The zero-order chi connectivity index (χ0) is 15.8. The minimum absolute atomic E-state index is 0.0785. The van der Waals surface area contributed by atoms with Crippen LogP contribution in [-0.2, 0) is 10.0 Å². The van der Waals surface area contributed by atoms with Crippen molar-refractivity contribution in [2.75, 3.05) is 5.73 Å². The predicted octanol–water partition coefficient (Wildman–Crippen LogP) is 2.99. The summed E-state index contributed by atoms with van der Waals surface area (Å²) in [7, 11) is -3.78. The molecule has 0 aliphatic heterocycles. The van der Waals surface area contributed by atoms with Crippen molar-refractivity contribution in [2.24, 2.45) is 5.14 Å². The van der Waals surface area contributed by atoms with Gasteiger partial charge in [0.25, 0.3) is 0 Å². The van der Waals surface area contributed by atoms with Crippen molar-refractivity contribution < 1.29 is 8.42 Å². The van der Waals surface area contributed by atoms with E-state index in [1.165, 1.54) is 23.4 Å². The van der Waals surface area contributed by atoms with Crippen LogP contribution in [0.1, 0.15) is 16.7 Å². The quantitative estimate of drug-likeness (QED) is 0.851. The summed E-state index contributed by atoms with van der Waals surface area (Å²) in [5, 5.41) is 5.25. The highest BCUT2D eigenvalue weighted by Gasteiger charge is 2.16. The number of hydrogen-bond acceptors (Lipinski definition) is 4. The molecule has 0 atom stereocenters. The molecule has 0 saturated carbocycles. The fourth-order valence-corrected chi connectivity index (χ4v) is 4.07. The van der Waals surface area contributed by atoms with E-state index >= 15 is 0 Å². The summed E-state index contributed by atoms with van der Waals surface area (Å²) >= 11 is 1.49. The second-order valence-corrected chi connectivity index (χ2v) is 7.67. The second-order valence-electron chi connectivity index (χ2n) is 5.06. The van der Waals surface area contributed by atoms with Gasteiger partial charge in [0, 0.05) is 15.5 Å². The van der Waals surface area contributed by atoms with Crippen molar-refractivity contribution in [1.82, 2.24) is 0 Å². The molecule has 0 saturated heterocycles. The number of primary sulfonamides is 1. The Balaban J connectivity index is 2.52. The lowest BCUT2D eigenvalue weighted by molar-refractivity contribution is 0.597. The first-order valence-corrected chi connectivity index (χ1v) is 8.73. The van der Waals surface area contributed by atoms with Crippen LogP contribution < -0.4 is 10.9 Å². The van der Waals surface area contributed by atoms with E-state index in [0.717, 1.165) is 15.4 Å². The van der Waals surface area contributed by atoms with E-state index in [1.54, 1.807) is 13.0 Å². The maximum atomic E-state index is 11.6. The molecule has 4 nitrogen and oxygen atoms in total. The van der Waals surface area contributed by atoms with Gasteiger partial charge < -0.3 is 5.73 Å². The molecule has 0 bridgehead atoms. The van der Waals surface area contributed by atoms with Gasteiger partial charge >= 0.3 is 0 Å². The minimum atomic E-state index is -3.78. The molecule has 0 radical (unpaired) electrons. The maximum absolute atomic E-state index is 11.6. The van der Waals surface area contributed by atoms with E-state index in [4.69, 9.17) is 10.9 Å². The average Bonchev–Trinajstić information content (AvgIpc) is 2.35. The number of rotatable bonds is 3. The third-order valence-electron chi connectivity index (χ3n) is 3.19. The average molecular weight is 322 g/mol. The molecule has 0 unspecified atom stereocenters. The Labute approximate surface area is 129 Å². The number of hydrogen-bond donors (Lipinski definition) is 2. The molecule has 4 N–H and O–H groups in total. The number of benzene rings is 2. The first kappa shape index (κ1) is 15.9. The van der Waals surface area contributed by atoms with E-state index in [9.17, 15) is 8.42 Å². The van der Waals surface area contributed by atoms with Crippen LogP contribution >= 0.6 is 11.8 Å². The van der Waals surface area contributed by atoms with Crippen LogP contribution in [0.2, 0.25) is 0 Å². The largest absolute Gasteiger partial charge is 0.399 e. The molecule has 2 aromatic carbocycles. The Morgan fingerprint density at radius 3 is 2.24 bits per heavy atom. The van der Waals surface area contributed by atoms with Gasteiger partial charge in [0.2, 0.25) is 10.0 Å². The summed E-state index contributed by atoms with van der Waals surface area (Å²) in [6.45, 7) is 5.80. The number of anilines is 1. The zero-order valence-electron chi connectivity index (χ0n) is 12.2. The fourth-order valence-electron chi connectivity index (χ4n) is 2.12. The molecule has 112 valence electrons. The summed E-state index contributed by atoms with van der Waals surface area (Å²) in [5.74, 6) is 0. The van der Waals surface area contributed by atoms with Gasteiger partial charge in [0.15, 0.2) is 0 Å². The van der Waals surface area contributed by atoms with Crippen molar-refractivity contribution in [2.45, 2.75) is 35.5 Å². The molecule has 6 heteroatoms. The summed E-state index contributed by atoms with van der Waals surface area (Å²) in [6, 6.07) is 9.31. The number of nitrogen functional groups attached to an aromatic ring is 1. The molecule has 0 aliphatic rings. The van der Waals surface area contributed by atoms with Gasteiger partial charge in [0.05, 0.1) is 4.90 Å². The molecule has 0 spiro atoms. The molecule has 2 rings (SSSR count). The molecule has 0 aliphatic carbocycles. The predicted molar refractivity (Wildman–Crippen MR) is 87.0 cm³/mol.